The zero-order valence-electron chi connectivity index (χ0n) is 14.4. The van der Waals surface area contributed by atoms with E-state index < -0.39 is 5.97 Å². The Balaban J connectivity index is 1.34. The maximum atomic E-state index is 12.4. The number of fused-ring (bicyclic) bond motifs is 2. The molecule has 4 rings (SSSR count). The van der Waals surface area contributed by atoms with Crippen LogP contribution in [0.4, 0.5) is 0 Å². The molecule has 0 radical (unpaired) electrons. The summed E-state index contributed by atoms with van der Waals surface area (Å²) in [6, 6.07) is 12.0. The number of hydrogen-bond donors (Lipinski definition) is 0. The number of imide groups is 1. The van der Waals surface area contributed by atoms with Crippen LogP contribution in [0.1, 0.15) is 37.7 Å². The topological polar surface area (TPSA) is 76.8 Å². The van der Waals surface area contributed by atoms with Gasteiger partial charge in [0.25, 0.3) is 11.8 Å². The third-order valence-corrected chi connectivity index (χ3v) is 5.36. The number of nitrogens with zero attached hydrogens (tertiary/aromatic N) is 1. The molecule has 0 saturated heterocycles. The number of esters is 1. The molecule has 1 aliphatic rings. The lowest BCUT2D eigenvalue weighted by atomic mass is 10.1. The number of ether oxygens (including phenoxy) is 1. The average Bonchev–Trinajstić information content (AvgIpc) is 3.19. The van der Waals surface area contributed by atoms with Crippen molar-refractivity contribution in [1.29, 1.82) is 0 Å². The summed E-state index contributed by atoms with van der Waals surface area (Å²) >= 11 is 6.67. The molecule has 0 bridgehead atoms. The van der Waals surface area contributed by atoms with E-state index in [-0.39, 0.29) is 30.7 Å². The quantitative estimate of drug-likeness (QED) is 0.282. The molecular formula is C20H13Br2NO5. The molecule has 0 unspecified atom stereocenters. The van der Waals surface area contributed by atoms with Crippen LogP contribution in [-0.2, 0) is 4.74 Å². The number of hydrogen-bond acceptors (Lipinski definition) is 5. The summed E-state index contributed by atoms with van der Waals surface area (Å²) in [5, 5.41) is 0.790. The first-order chi connectivity index (χ1) is 13.4. The summed E-state index contributed by atoms with van der Waals surface area (Å²) < 4.78 is 12.3. The van der Waals surface area contributed by atoms with Gasteiger partial charge >= 0.3 is 5.97 Å². The van der Waals surface area contributed by atoms with E-state index in [1.807, 2.05) is 12.1 Å². The third kappa shape index (κ3) is 3.49. The van der Waals surface area contributed by atoms with Crippen molar-refractivity contribution in [3.8, 4) is 0 Å². The summed E-state index contributed by atoms with van der Waals surface area (Å²) in [6.45, 7) is 0.237. The van der Waals surface area contributed by atoms with Gasteiger partial charge in [0.2, 0.25) is 5.76 Å². The highest BCUT2D eigenvalue weighted by Gasteiger charge is 2.35. The van der Waals surface area contributed by atoms with E-state index in [0.717, 1.165) is 14.3 Å². The molecule has 2 heterocycles. The maximum Gasteiger partial charge on any atom is 0.374 e. The predicted molar refractivity (Wildman–Crippen MR) is 108 cm³/mol. The molecule has 2 aromatic carbocycles. The van der Waals surface area contributed by atoms with Gasteiger partial charge in [-0.15, -0.1) is 0 Å². The molecule has 1 aliphatic heterocycles. The minimum absolute atomic E-state index is 0.0661. The fraction of sp³-hybridized carbons (Fsp3) is 0.150. The standard InChI is InChI=1S/C20H13Br2NO5/c21-12-3-5-16-11(8-12)9-17(28-16)20(26)27-7-1-6-23-18(24)14-4-2-13(22)10-15(14)19(23)25/h2-5,8-10H,1,6-7H2. The Hall–Kier alpha value is -2.45. The van der Waals surface area contributed by atoms with Crippen LogP contribution in [0.5, 0.6) is 0 Å². The van der Waals surface area contributed by atoms with Crippen molar-refractivity contribution in [2.75, 3.05) is 13.2 Å². The van der Waals surface area contributed by atoms with Crippen LogP contribution in [0.3, 0.4) is 0 Å². The Morgan fingerprint density at radius 1 is 0.964 bits per heavy atom. The monoisotopic (exact) mass is 505 g/mol. The van der Waals surface area contributed by atoms with Gasteiger partial charge in [-0.1, -0.05) is 31.9 Å². The normalized spacial score (nSPS) is 13.3. The molecule has 0 aliphatic carbocycles. The molecule has 0 atom stereocenters. The van der Waals surface area contributed by atoms with Gasteiger partial charge < -0.3 is 9.15 Å². The Morgan fingerprint density at radius 2 is 1.68 bits per heavy atom. The van der Waals surface area contributed by atoms with E-state index in [1.54, 1.807) is 30.3 Å². The van der Waals surface area contributed by atoms with Gasteiger partial charge in [-0.3, -0.25) is 14.5 Å². The number of benzene rings is 2. The van der Waals surface area contributed by atoms with Crippen LogP contribution >= 0.6 is 31.9 Å². The van der Waals surface area contributed by atoms with Crippen LogP contribution in [-0.4, -0.2) is 35.8 Å². The summed E-state index contributed by atoms with van der Waals surface area (Å²) in [7, 11) is 0. The molecule has 3 aromatic rings. The molecule has 0 N–H and O–H groups in total. The van der Waals surface area contributed by atoms with Crippen molar-refractivity contribution in [3.63, 3.8) is 0 Å². The Kier molecular flexibility index (Phi) is 5.07. The van der Waals surface area contributed by atoms with E-state index in [1.165, 1.54) is 4.90 Å². The molecule has 1 aromatic heterocycles. The van der Waals surface area contributed by atoms with Crippen molar-refractivity contribution < 1.29 is 23.5 Å². The lowest BCUT2D eigenvalue weighted by Crippen LogP contribution is -2.31. The second-order valence-electron chi connectivity index (χ2n) is 6.23. The molecule has 0 spiro atoms. The fourth-order valence-corrected chi connectivity index (χ4v) is 3.78. The van der Waals surface area contributed by atoms with E-state index in [0.29, 0.717) is 23.1 Å². The highest BCUT2D eigenvalue weighted by molar-refractivity contribution is 9.10. The lowest BCUT2D eigenvalue weighted by Gasteiger charge is -2.13. The van der Waals surface area contributed by atoms with Crippen LogP contribution < -0.4 is 0 Å². The number of halogens is 2. The van der Waals surface area contributed by atoms with Gasteiger partial charge in [-0.2, -0.15) is 0 Å². The van der Waals surface area contributed by atoms with E-state index >= 15 is 0 Å². The SMILES string of the molecule is O=C(OCCCN1C(=O)c2ccc(Br)cc2C1=O)c1cc2cc(Br)ccc2o1. The smallest absolute Gasteiger partial charge is 0.374 e. The highest BCUT2D eigenvalue weighted by atomic mass is 79.9. The average molecular weight is 507 g/mol. The van der Waals surface area contributed by atoms with E-state index in [2.05, 4.69) is 31.9 Å². The first kappa shape index (κ1) is 18.9. The summed E-state index contributed by atoms with van der Waals surface area (Å²) in [5.74, 6) is -1.14. The molecular weight excluding hydrogens is 494 g/mol. The largest absolute Gasteiger partial charge is 0.460 e. The molecule has 142 valence electrons. The maximum absolute atomic E-state index is 12.4. The van der Waals surface area contributed by atoms with Crippen molar-refractivity contribution in [1.82, 2.24) is 4.90 Å². The second kappa shape index (κ2) is 7.52. The zero-order chi connectivity index (χ0) is 19.8. The fourth-order valence-electron chi connectivity index (χ4n) is 3.04. The Bertz CT molecular complexity index is 1120. The minimum Gasteiger partial charge on any atom is -0.460 e. The van der Waals surface area contributed by atoms with Gasteiger partial charge in [-0.25, -0.2) is 4.79 Å². The third-order valence-electron chi connectivity index (χ3n) is 4.37. The number of amides is 2. The van der Waals surface area contributed by atoms with Crippen LogP contribution in [0.2, 0.25) is 0 Å². The molecule has 0 fully saturated rings. The van der Waals surface area contributed by atoms with Crippen LogP contribution in [0, 0.1) is 0 Å². The predicted octanol–water partition coefficient (Wildman–Crippen LogP) is 4.80. The molecule has 6 nitrogen and oxygen atoms in total. The van der Waals surface area contributed by atoms with Crippen molar-refractivity contribution >= 4 is 60.6 Å². The number of carbonyl (C=O) groups excluding carboxylic acids is 3. The minimum atomic E-state index is -0.585. The van der Waals surface area contributed by atoms with E-state index in [4.69, 9.17) is 9.15 Å². The first-order valence-corrected chi connectivity index (χ1v) is 10.0. The Morgan fingerprint density at radius 3 is 2.50 bits per heavy atom. The lowest BCUT2D eigenvalue weighted by molar-refractivity contribution is 0.0451. The van der Waals surface area contributed by atoms with E-state index in [9.17, 15) is 14.4 Å². The number of rotatable bonds is 5. The highest BCUT2D eigenvalue weighted by Crippen LogP contribution is 2.26. The van der Waals surface area contributed by atoms with Crippen molar-refractivity contribution in [3.05, 3.63) is 68.3 Å². The number of furan rings is 1. The second-order valence-corrected chi connectivity index (χ2v) is 8.07. The summed E-state index contributed by atoms with van der Waals surface area (Å²) in [6.07, 6.45) is 0.337. The van der Waals surface area contributed by atoms with Crippen LogP contribution in [0.15, 0.2) is 55.8 Å². The summed E-state index contributed by atoms with van der Waals surface area (Å²) in [4.78, 5) is 38.1. The Labute approximate surface area is 176 Å². The molecule has 28 heavy (non-hydrogen) atoms. The summed E-state index contributed by atoms with van der Waals surface area (Å²) in [5.41, 5.74) is 1.36. The van der Waals surface area contributed by atoms with Gasteiger partial charge in [0.05, 0.1) is 17.7 Å². The van der Waals surface area contributed by atoms with Gasteiger partial charge in [-0.05, 0) is 48.9 Å². The van der Waals surface area contributed by atoms with Gasteiger partial charge in [0, 0.05) is 20.9 Å². The number of carbonyl (C=O) groups is 3. The zero-order valence-corrected chi connectivity index (χ0v) is 17.6. The molecule has 8 heteroatoms. The van der Waals surface area contributed by atoms with Crippen molar-refractivity contribution in [2.45, 2.75) is 6.42 Å². The molecule has 0 saturated carbocycles. The first-order valence-electron chi connectivity index (χ1n) is 8.46. The van der Waals surface area contributed by atoms with Gasteiger partial charge in [0.1, 0.15) is 5.58 Å². The molecule has 2 amide bonds. The van der Waals surface area contributed by atoms with Gasteiger partial charge in [0.15, 0.2) is 0 Å². The van der Waals surface area contributed by atoms with Crippen molar-refractivity contribution in [2.24, 2.45) is 0 Å². The van der Waals surface area contributed by atoms with Crippen LogP contribution in [0.25, 0.3) is 11.0 Å².